The molecule has 1 aromatic carbocycles. The van der Waals surface area contributed by atoms with E-state index in [0.717, 1.165) is 57.1 Å². The highest BCUT2D eigenvalue weighted by atomic mass is 16.5. The van der Waals surface area contributed by atoms with Gasteiger partial charge in [0.2, 0.25) is 0 Å². The Morgan fingerprint density at radius 3 is 2.30 bits per heavy atom. The van der Waals surface area contributed by atoms with Gasteiger partial charge in [-0.25, -0.2) is 9.59 Å². The molecule has 0 bridgehead atoms. The highest BCUT2D eigenvalue weighted by molar-refractivity contribution is 6.03. The van der Waals surface area contributed by atoms with Gasteiger partial charge in [0.05, 0.1) is 18.9 Å². The third-order valence-corrected chi connectivity index (χ3v) is 4.56. The first kappa shape index (κ1) is 25.2. The normalized spacial score (nSPS) is 18.4. The summed E-state index contributed by atoms with van der Waals surface area (Å²) in [6.45, 7) is 5.37. The Balaban J connectivity index is 0.000000431. The number of carbonyl (C=O) groups is 3. The molecule has 1 atom stereocenters. The average molecular weight is 424 g/mol. The molecule has 0 aliphatic carbocycles. The molecular formula is C20H28N2O8. The van der Waals surface area contributed by atoms with Gasteiger partial charge in [0.25, 0.3) is 5.91 Å². The largest absolute Gasteiger partial charge is 0.478 e. The summed E-state index contributed by atoms with van der Waals surface area (Å²) in [5, 5.41) is 15.6. The zero-order valence-corrected chi connectivity index (χ0v) is 16.8. The van der Waals surface area contributed by atoms with E-state index in [0.29, 0.717) is 12.2 Å². The van der Waals surface area contributed by atoms with Gasteiger partial charge in [-0.2, -0.15) is 0 Å². The van der Waals surface area contributed by atoms with Crippen molar-refractivity contribution in [1.82, 2.24) is 4.90 Å². The van der Waals surface area contributed by atoms with Crippen LogP contribution < -0.4 is 4.90 Å². The summed E-state index contributed by atoms with van der Waals surface area (Å²) in [4.78, 5) is 35.8. The van der Waals surface area contributed by atoms with E-state index in [1.807, 2.05) is 29.2 Å². The van der Waals surface area contributed by atoms with Crippen LogP contribution >= 0.6 is 0 Å². The zero-order valence-electron chi connectivity index (χ0n) is 16.8. The summed E-state index contributed by atoms with van der Waals surface area (Å²) in [6, 6.07) is 7.90. The fraction of sp³-hybridized carbons (Fsp3) is 0.450. The molecule has 0 radical (unpaired) electrons. The molecule has 3 rings (SSSR count). The Hall–Kier alpha value is -2.79. The summed E-state index contributed by atoms with van der Waals surface area (Å²) in [7, 11) is 1.59. The second-order valence-electron chi connectivity index (χ2n) is 6.48. The maximum absolute atomic E-state index is 12.4. The molecule has 2 heterocycles. The van der Waals surface area contributed by atoms with Crippen LogP contribution in [0.2, 0.25) is 0 Å². The number of para-hydroxylation sites is 1. The van der Waals surface area contributed by atoms with Gasteiger partial charge >= 0.3 is 11.9 Å². The first-order valence-electron chi connectivity index (χ1n) is 9.31. The van der Waals surface area contributed by atoms with Gasteiger partial charge in [-0.05, 0) is 12.5 Å². The lowest BCUT2D eigenvalue weighted by molar-refractivity contribution is -0.134. The summed E-state index contributed by atoms with van der Waals surface area (Å²) < 4.78 is 10.7. The number of fused-ring (bicyclic) bond motifs is 1. The molecule has 1 amide bonds. The van der Waals surface area contributed by atoms with Crippen molar-refractivity contribution in [3.8, 4) is 0 Å². The van der Waals surface area contributed by atoms with Crippen molar-refractivity contribution in [2.75, 3.05) is 51.4 Å². The topological polar surface area (TPSA) is 148 Å². The molecule has 0 saturated carbocycles. The SMILES string of the molecule is COC1C(=O)N(CCCN2CCOCC2)c2ccccc21.O.O=C(O)/C=C/C(=O)O. The van der Waals surface area contributed by atoms with Crippen LogP contribution in [0.15, 0.2) is 36.4 Å². The molecule has 4 N–H and O–H groups in total. The lowest BCUT2D eigenvalue weighted by Gasteiger charge is -2.27. The number of carboxylic acids is 2. The molecule has 0 spiro atoms. The smallest absolute Gasteiger partial charge is 0.328 e. The van der Waals surface area contributed by atoms with E-state index in [9.17, 15) is 14.4 Å². The monoisotopic (exact) mass is 424 g/mol. The van der Waals surface area contributed by atoms with Gasteiger partial charge in [0.1, 0.15) is 0 Å². The summed E-state index contributed by atoms with van der Waals surface area (Å²) in [6.07, 6.45) is 1.64. The van der Waals surface area contributed by atoms with Crippen molar-refractivity contribution in [3.05, 3.63) is 42.0 Å². The van der Waals surface area contributed by atoms with Gasteiger partial charge in [0, 0.05) is 51.0 Å². The van der Waals surface area contributed by atoms with Crippen LogP contribution in [0.5, 0.6) is 0 Å². The number of rotatable bonds is 7. The number of morpholine rings is 1. The van der Waals surface area contributed by atoms with Crippen molar-refractivity contribution in [2.45, 2.75) is 12.5 Å². The molecule has 10 nitrogen and oxygen atoms in total. The third kappa shape index (κ3) is 7.23. The number of hydrogen-bond acceptors (Lipinski definition) is 6. The summed E-state index contributed by atoms with van der Waals surface area (Å²) in [5.41, 5.74) is 1.98. The molecular weight excluding hydrogens is 396 g/mol. The Labute approximate surface area is 174 Å². The first-order chi connectivity index (χ1) is 13.9. The molecule has 1 unspecified atom stereocenters. The maximum atomic E-state index is 12.4. The van der Waals surface area contributed by atoms with E-state index in [4.69, 9.17) is 19.7 Å². The van der Waals surface area contributed by atoms with E-state index in [2.05, 4.69) is 4.90 Å². The number of carboxylic acid groups (broad SMARTS) is 2. The number of anilines is 1. The van der Waals surface area contributed by atoms with Gasteiger partial charge in [-0.3, -0.25) is 9.69 Å². The number of nitrogens with zero attached hydrogens (tertiary/aromatic N) is 2. The standard InChI is InChI=1S/C16H22N2O3.C4H4O4.H2O/c1-20-15-13-5-2-3-6-14(13)18(16(15)19)8-4-7-17-9-11-21-12-10-17;5-3(6)1-2-4(7)8;/h2-3,5-6,15H,4,7-12H2,1H3;1-2H,(H,5,6)(H,7,8);1H2/b;2-1+;. The van der Waals surface area contributed by atoms with Crippen LogP contribution in [0.25, 0.3) is 0 Å². The minimum atomic E-state index is -1.26. The zero-order chi connectivity index (χ0) is 21.2. The molecule has 0 aromatic heterocycles. The molecule has 2 aliphatic heterocycles. The lowest BCUT2D eigenvalue weighted by Crippen LogP contribution is -2.38. The van der Waals surface area contributed by atoms with Crippen molar-refractivity contribution < 1.29 is 39.5 Å². The minimum Gasteiger partial charge on any atom is -0.478 e. The van der Waals surface area contributed by atoms with Crippen molar-refractivity contribution >= 4 is 23.5 Å². The molecule has 1 fully saturated rings. The number of methoxy groups -OCH3 is 1. The number of aliphatic carboxylic acids is 2. The van der Waals surface area contributed by atoms with Gasteiger partial charge < -0.3 is 30.1 Å². The van der Waals surface area contributed by atoms with E-state index in [-0.39, 0.29) is 11.4 Å². The molecule has 166 valence electrons. The molecule has 1 saturated heterocycles. The molecule has 30 heavy (non-hydrogen) atoms. The number of carbonyl (C=O) groups excluding carboxylic acids is 1. The predicted molar refractivity (Wildman–Crippen MR) is 108 cm³/mol. The van der Waals surface area contributed by atoms with E-state index >= 15 is 0 Å². The molecule has 1 aromatic rings. The van der Waals surface area contributed by atoms with Gasteiger partial charge in [0.15, 0.2) is 6.10 Å². The number of benzene rings is 1. The van der Waals surface area contributed by atoms with Gasteiger partial charge in [-0.15, -0.1) is 0 Å². The molecule has 2 aliphatic rings. The Morgan fingerprint density at radius 2 is 1.73 bits per heavy atom. The third-order valence-electron chi connectivity index (χ3n) is 4.56. The first-order valence-corrected chi connectivity index (χ1v) is 9.31. The Morgan fingerprint density at radius 1 is 1.13 bits per heavy atom. The van der Waals surface area contributed by atoms with Crippen LogP contribution in [0, 0.1) is 0 Å². The number of amides is 1. The second-order valence-corrected chi connectivity index (χ2v) is 6.48. The van der Waals surface area contributed by atoms with Crippen LogP contribution in [0.1, 0.15) is 18.1 Å². The lowest BCUT2D eigenvalue weighted by atomic mass is 10.1. The fourth-order valence-corrected chi connectivity index (χ4v) is 3.23. The fourth-order valence-electron chi connectivity index (χ4n) is 3.23. The van der Waals surface area contributed by atoms with E-state index in [1.165, 1.54) is 0 Å². The average Bonchev–Trinajstić information content (AvgIpc) is 2.99. The van der Waals surface area contributed by atoms with Crippen molar-refractivity contribution in [2.24, 2.45) is 0 Å². The highest BCUT2D eigenvalue weighted by Crippen LogP contribution is 2.37. The maximum Gasteiger partial charge on any atom is 0.328 e. The van der Waals surface area contributed by atoms with Crippen molar-refractivity contribution in [1.29, 1.82) is 0 Å². The minimum absolute atomic E-state index is 0. The summed E-state index contributed by atoms with van der Waals surface area (Å²) >= 11 is 0. The van der Waals surface area contributed by atoms with Crippen LogP contribution in [-0.4, -0.2) is 84.9 Å². The van der Waals surface area contributed by atoms with Crippen LogP contribution in [-0.2, 0) is 23.9 Å². The summed E-state index contributed by atoms with van der Waals surface area (Å²) in [5.74, 6) is -2.46. The number of hydrogen-bond donors (Lipinski definition) is 2. The highest BCUT2D eigenvalue weighted by Gasteiger charge is 2.36. The van der Waals surface area contributed by atoms with Crippen LogP contribution in [0.3, 0.4) is 0 Å². The second kappa shape index (κ2) is 12.7. The Kier molecular flexibility index (Phi) is 10.7. The quantitative estimate of drug-likeness (QED) is 0.595. The van der Waals surface area contributed by atoms with Crippen LogP contribution in [0.4, 0.5) is 5.69 Å². The van der Waals surface area contributed by atoms with E-state index in [1.54, 1.807) is 7.11 Å². The molecule has 10 heteroatoms. The Bertz CT molecular complexity index is 730. The van der Waals surface area contributed by atoms with E-state index < -0.39 is 18.0 Å². The van der Waals surface area contributed by atoms with Crippen molar-refractivity contribution in [3.63, 3.8) is 0 Å². The predicted octanol–water partition coefficient (Wildman–Crippen LogP) is 0.330. The van der Waals surface area contributed by atoms with Gasteiger partial charge in [-0.1, -0.05) is 18.2 Å². The number of ether oxygens (including phenoxy) is 2.